The summed E-state index contributed by atoms with van der Waals surface area (Å²) >= 11 is 0. The van der Waals surface area contributed by atoms with Gasteiger partial charge in [0.15, 0.2) is 5.69 Å². The van der Waals surface area contributed by atoms with E-state index in [1.54, 1.807) is 12.1 Å². The van der Waals surface area contributed by atoms with Gasteiger partial charge in [0, 0.05) is 19.2 Å². The van der Waals surface area contributed by atoms with Crippen molar-refractivity contribution >= 4 is 11.8 Å². The molecule has 0 radical (unpaired) electrons. The Labute approximate surface area is 165 Å². The number of hydrogen-bond acceptors (Lipinski definition) is 4. The molecule has 1 aromatic carbocycles. The van der Waals surface area contributed by atoms with Crippen molar-refractivity contribution in [3.8, 4) is 5.75 Å². The van der Waals surface area contributed by atoms with Crippen LogP contribution in [0.5, 0.6) is 5.75 Å². The Morgan fingerprint density at radius 3 is 2.55 bits per heavy atom. The summed E-state index contributed by atoms with van der Waals surface area (Å²) in [6.45, 7) is 1.20. The van der Waals surface area contributed by atoms with E-state index in [1.165, 1.54) is 18.9 Å². The van der Waals surface area contributed by atoms with Crippen LogP contribution in [0.15, 0.2) is 36.4 Å². The highest BCUT2D eigenvalue weighted by atomic mass is 19.4. The molecule has 2 amide bonds. The molecule has 1 aromatic heterocycles. The Bertz CT molecular complexity index is 883. The molecule has 10 heteroatoms. The third-order valence-corrected chi connectivity index (χ3v) is 4.73. The zero-order chi connectivity index (χ0) is 21.2. The number of hydrogen-bond donors (Lipinski definition) is 1. The smallest absolute Gasteiger partial charge is 0.435 e. The lowest BCUT2D eigenvalue weighted by Gasteiger charge is -2.23. The summed E-state index contributed by atoms with van der Waals surface area (Å²) in [5, 5.41) is 6.00. The maximum Gasteiger partial charge on any atom is 0.435 e. The first kappa shape index (κ1) is 20.7. The van der Waals surface area contributed by atoms with Gasteiger partial charge in [0.1, 0.15) is 24.4 Å². The van der Waals surface area contributed by atoms with Crippen LogP contribution in [-0.4, -0.2) is 52.2 Å². The zero-order valence-electron chi connectivity index (χ0n) is 15.9. The van der Waals surface area contributed by atoms with Gasteiger partial charge >= 0.3 is 6.18 Å². The number of aryl methyl sites for hydroxylation is 1. The van der Waals surface area contributed by atoms with Crippen LogP contribution in [0.2, 0.25) is 0 Å². The molecule has 29 heavy (non-hydrogen) atoms. The summed E-state index contributed by atoms with van der Waals surface area (Å²) < 4.78 is 45.4. The van der Waals surface area contributed by atoms with E-state index in [0.717, 1.165) is 10.7 Å². The number of nitrogens with zero attached hydrogens (tertiary/aromatic N) is 3. The second kappa shape index (κ2) is 8.14. The Morgan fingerprint density at radius 2 is 1.97 bits per heavy atom. The van der Waals surface area contributed by atoms with E-state index in [1.807, 2.05) is 18.2 Å². The van der Waals surface area contributed by atoms with E-state index in [2.05, 4.69) is 10.4 Å². The summed E-state index contributed by atoms with van der Waals surface area (Å²) in [6.07, 6.45) is -4.72. The number of ether oxygens (including phenoxy) is 1. The number of para-hydroxylation sites is 1. The van der Waals surface area contributed by atoms with E-state index < -0.39 is 36.5 Å². The predicted octanol–water partition coefficient (Wildman–Crippen LogP) is 2.00. The third-order valence-electron chi connectivity index (χ3n) is 4.73. The standard InChI is InChI=1S/C19H21F3N4O3/c1-12-8-16(19(20,21)22)24-26(12)11-17(27)25-10-14(9-15(25)18(28)23-2)29-13-6-4-3-5-7-13/h3-8,14-15H,9-11H2,1-2H3,(H,23,28)/t14-,15-/m0/s1. The van der Waals surface area contributed by atoms with Crippen LogP contribution >= 0.6 is 0 Å². The van der Waals surface area contributed by atoms with Gasteiger partial charge in [-0.05, 0) is 25.1 Å². The number of carbonyl (C=O) groups excluding carboxylic acids is 2. The van der Waals surface area contributed by atoms with Crippen LogP contribution in [0, 0.1) is 6.92 Å². The van der Waals surface area contributed by atoms with Crippen molar-refractivity contribution in [2.45, 2.75) is 38.2 Å². The highest BCUT2D eigenvalue weighted by Gasteiger charge is 2.41. The minimum atomic E-state index is -4.59. The van der Waals surface area contributed by atoms with E-state index in [0.29, 0.717) is 5.75 Å². The van der Waals surface area contributed by atoms with Crippen molar-refractivity contribution in [2.75, 3.05) is 13.6 Å². The molecule has 0 spiro atoms. The lowest BCUT2D eigenvalue weighted by Crippen LogP contribution is -2.46. The summed E-state index contributed by atoms with van der Waals surface area (Å²) in [5.74, 6) is -0.247. The van der Waals surface area contributed by atoms with Gasteiger partial charge in [-0.1, -0.05) is 18.2 Å². The van der Waals surface area contributed by atoms with Gasteiger partial charge in [-0.25, -0.2) is 0 Å². The first-order chi connectivity index (χ1) is 13.7. The molecule has 2 atom stereocenters. The molecule has 0 unspecified atom stereocenters. The molecule has 3 rings (SSSR count). The number of likely N-dealkylation sites (N-methyl/N-ethyl adjacent to an activating group) is 1. The van der Waals surface area contributed by atoms with Crippen molar-refractivity contribution in [3.05, 3.63) is 47.8 Å². The molecule has 0 aliphatic carbocycles. The third kappa shape index (κ3) is 4.69. The van der Waals surface area contributed by atoms with Crippen LogP contribution in [0.4, 0.5) is 13.2 Å². The molecule has 156 valence electrons. The summed E-state index contributed by atoms with van der Waals surface area (Å²) in [4.78, 5) is 26.4. The first-order valence-electron chi connectivity index (χ1n) is 9.03. The number of aromatic nitrogens is 2. The SMILES string of the molecule is CNC(=O)[C@@H]1C[C@H](Oc2ccccc2)CN1C(=O)Cn1nc(C(F)(F)F)cc1C. The highest BCUT2D eigenvalue weighted by molar-refractivity contribution is 5.88. The molecule has 0 saturated carbocycles. The Kier molecular flexibility index (Phi) is 5.81. The number of halogens is 3. The van der Waals surface area contributed by atoms with Gasteiger partial charge in [-0.2, -0.15) is 18.3 Å². The number of carbonyl (C=O) groups is 2. The zero-order valence-corrected chi connectivity index (χ0v) is 15.9. The molecule has 2 aromatic rings. The quantitative estimate of drug-likeness (QED) is 0.818. The van der Waals surface area contributed by atoms with Gasteiger partial charge in [0.25, 0.3) is 0 Å². The first-order valence-corrected chi connectivity index (χ1v) is 9.03. The normalized spacial score (nSPS) is 19.3. The topological polar surface area (TPSA) is 76.5 Å². The fourth-order valence-corrected chi connectivity index (χ4v) is 3.29. The van der Waals surface area contributed by atoms with Gasteiger partial charge in [0.2, 0.25) is 11.8 Å². The van der Waals surface area contributed by atoms with Gasteiger partial charge in [0.05, 0.1) is 6.54 Å². The number of likely N-dealkylation sites (tertiary alicyclic amines) is 1. The minimum Gasteiger partial charge on any atom is -0.488 e. The lowest BCUT2D eigenvalue weighted by atomic mass is 10.2. The van der Waals surface area contributed by atoms with Crippen molar-refractivity contribution in [1.29, 1.82) is 0 Å². The number of benzene rings is 1. The van der Waals surface area contributed by atoms with Crippen LogP contribution < -0.4 is 10.1 Å². The average Bonchev–Trinajstić information content (AvgIpc) is 3.26. The van der Waals surface area contributed by atoms with Crippen molar-refractivity contribution in [2.24, 2.45) is 0 Å². The van der Waals surface area contributed by atoms with E-state index in [4.69, 9.17) is 4.74 Å². The Morgan fingerprint density at radius 1 is 1.28 bits per heavy atom. The van der Waals surface area contributed by atoms with Crippen LogP contribution in [-0.2, 0) is 22.3 Å². The molecular formula is C19H21F3N4O3. The molecule has 1 N–H and O–H groups in total. The Balaban J connectivity index is 1.75. The van der Waals surface area contributed by atoms with E-state index >= 15 is 0 Å². The fourth-order valence-electron chi connectivity index (χ4n) is 3.29. The van der Waals surface area contributed by atoms with Gasteiger partial charge in [-0.15, -0.1) is 0 Å². The van der Waals surface area contributed by atoms with Crippen LogP contribution in [0.25, 0.3) is 0 Å². The van der Waals surface area contributed by atoms with Crippen molar-refractivity contribution in [3.63, 3.8) is 0 Å². The highest BCUT2D eigenvalue weighted by Crippen LogP contribution is 2.29. The maximum atomic E-state index is 12.9. The molecule has 1 aliphatic rings. The van der Waals surface area contributed by atoms with Crippen molar-refractivity contribution < 1.29 is 27.5 Å². The van der Waals surface area contributed by atoms with E-state index in [-0.39, 0.29) is 24.6 Å². The van der Waals surface area contributed by atoms with Crippen LogP contribution in [0.1, 0.15) is 17.8 Å². The summed E-state index contributed by atoms with van der Waals surface area (Å²) in [7, 11) is 1.46. The molecular weight excluding hydrogens is 389 g/mol. The monoisotopic (exact) mass is 410 g/mol. The average molecular weight is 410 g/mol. The summed E-state index contributed by atoms with van der Waals surface area (Å²) in [5.41, 5.74) is -0.851. The molecule has 1 fully saturated rings. The molecule has 2 heterocycles. The molecule has 1 saturated heterocycles. The predicted molar refractivity (Wildman–Crippen MR) is 97.0 cm³/mol. The molecule has 7 nitrogen and oxygen atoms in total. The molecule has 1 aliphatic heterocycles. The lowest BCUT2D eigenvalue weighted by molar-refractivity contribution is -0.142. The van der Waals surface area contributed by atoms with Gasteiger partial charge in [-0.3, -0.25) is 14.3 Å². The van der Waals surface area contributed by atoms with Gasteiger partial charge < -0.3 is 15.0 Å². The Hall–Kier alpha value is -3.04. The summed E-state index contributed by atoms with van der Waals surface area (Å²) in [6, 6.07) is 9.11. The second-order valence-electron chi connectivity index (χ2n) is 6.79. The van der Waals surface area contributed by atoms with E-state index in [9.17, 15) is 22.8 Å². The largest absolute Gasteiger partial charge is 0.488 e. The maximum absolute atomic E-state index is 12.9. The molecule has 0 bridgehead atoms. The fraction of sp³-hybridized carbons (Fsp3) is 0.421. The number of nitrogens with one attached hydrogen (secondary N) is 1. The number of rotatable bonds is 5. The van der Waals surface area contributed by atoms with Crippen LogP contribution in [0.3, 0.4) is 0 Å². The number of amides is 2. The second-order valence-corrected chi connectivity index (χ2v) is 6.79. The minimum absolute atomic E-state index is 0.151. The number of alkyl halides is 3. The van der Waals surface area contributed by atoms with Crippen molar-refractivity contribution in [1.82, 2.24) is 20.0 Å².